The Morgan fingerprint density at radius 2 is 1.63 bits per heavy atom. The van der Waals surface area contributed by atoms with Crippen LogP contribution in [0.1, 0.15) is 10.5 Å². The first kappa shape index (κ1) is 18.9. The fourth-order valence-electron chi connectivity index (χ4n) is 2.18. The standard InChI is InChI=1S/C17H12ClF2N3O3S/c18-10-7-16(21-9-10)17(24)22-11-1-3-12(4-2-11)23-27(25,26)13-5-6-14(19)15(20)8-13/h1-9,21,23H,(H,22,24). The van der Waals surface area contributed by atoms with Gasteiger partial charge in [-0.3, -0.25) is 9.52 Å². The largest absolute Gasteiger partial charge is 0.356 e. The van der Waals surface area contributed by atoms with Crippen molar-refractivity contribution in [1.82, 2.24) is 4.98 Å². The highest BCUT2D eigenvalue weighted by Gasteiger charge is 2.17. The smallest absolute Gasteiger partial charge is 0.272 e. The van der Waals surface area contributed by atoms with Crippen LogP contribution in [-0.4, -0.2) is 19.3 Å². The molecule has 1 amide bonds. The Labute approximate surface area is 158 Å². The number of rotatable bonds is 5. The van der Waals surface area contributed by atoms with Gasteiger partial charge in [-0.15, -0.1) is 0 Å². The Kier molecular flexibility index (Phi) is 5.15. The van der Waals surface area contributed by atoms with Crippen LogP contribution in [0.15, 0.2) is 59.6 Å². The third kappa shape index (κ3) is 4.44. The summed E-state index contributed by atoms with van der Waals surface area (Å²) in [5.41, 5.74) is 0.866. The summed E-state index contributed by atoms with van der Waals surface area (Å²) in [5, 5.41) is 3.00. The predicted octanol–water partition coefficient (Wildman–Crippen LogP) is 4.00. The van der Waals surface area contributed by atoms with Gasteiger partial charge in [0.1, 0.15) is 5.69 Å². The number of carbonyl (C=O) groups excluding carboxylic acids is 1. The Balaban J connectivity index is 1.71. The van der Waals surface area contributed by atoms with E-state index < -0.39 is 32.5 Å². The number of nitrogens with one attached hydrogen (secondary N) is 3. The van der Waals surface area contributed by atoms with Crippen LogP contribution in [0.25, 0.3) is 0 Å². The molecule has 6 nitrogen and oxygen atoms in total. The zero-order valence-corrected chi connectivity index (χ0v) is 15.0. The summed E-state index contributed by atoms with van der Waals surface area (Å²) < 4.78 is 52.9. The van der Waals surface area contributed by atoms with Crippen LogP contribution in [0.5, 0.6) is 0 Å². The molecule has 1 aromatic heterocycles. The topological polar surface area (TPSA) is 91.1 Å². The quantitative estimate of drug-likeness (QED) is 0.592. The highest BCUT2D eigenvalue weighted by Crippen LogP contribution is 2.20. The molecule has 3 aromatic rings. The molecule has 27 heavy (non-hydrogen) atoms. The average molecular weight is 412 g/mol. The number of carbonyl (C=O) groups is 1. The molecule has 1 heterocycles. The highest BCUT2D eigenvalue weighted by atomic mass is 35.5. The lowest BCUT2D eigenvalue weighted by Crippen LogP contribution is -2.14. The maximum atomic E-state index is 13.2. The number of sulfonamides is 1. The van der Waals surface area contributed by atoms with E-state index in [2.05, 4.69) is 15.0 Å². The molecule has 0 radical (unpaired) electrons. The van der Waals surface area contributed by atoms with E-state index in [-0.39, 0.29) is 11.4 Å². The Bertz CT molecular complexity index is 1100. The van der Waals surface area contributed by atoms with Crippen LogP contribution in [0.4, 0.5) is 20.2 Å². The van der Waals surface area contributed by atoms with E-state index in [0.717, 1.165) is 12.1 Å². The van der Waals surface area contributed by atoms with Crippen molar-refractivity contribution in [3.8, 4) is 0 Å². The number of aromatic nitrogens is 1. The van der Waals surface area contributed by atoms with Gasteiger partial charge in [0.2, 0.25) is 0 Å². The maximum absolute atomic E-state index is 13.2. The number of hydrogen-bond donors (Lipinski definition) is 3. The van der Waals surface area contributed by atoms with E-state index in [1.807, 2.05) is 0 Å². The van der Waals surface area contributed by atoms with Crippen molar-refractivity contribution < 1.29 is 22.0 Å². The third-order valence-corrected chi connectivity index (χ3v) is 5.09. The lowest BCUT2D eigenvalue weighted by molar-refractivity contribution is 0.102. The number of H-pyrrole nitrogens is 1. The van der Waals surface area contributed by atoms with Gasteiger partial charge in [-0.25, -0.2) is 17.2 Å². The lowest BCUT2D eigenvalue weighted by atomic mass is 10.3. The maximum Gasteiger partial charge on any atom is 0.272 e. The Morgan fingerprint density at radius 1 is 0.963 bits per heavy atom. The van der Waals surface area contributed by atoms with Crippen molar-refractivity contribution in [2.45, 2.75) is 4.90 Å². The lowest BCUT2D eigenvalue weighted by Gasteiger charge is -2.10. The summed E-state index contributed by atoms with van der Waals surface area (Å²) in [5.74, 6) is -2.82. The first-order valence-corrected chi connectivity index (χ1v) is 9.34. The number of halogens is 3. The molecule has 10 heteroatoms. The number of benzene rings is 2. The van der Waals surface area contributed by atoms with Crippen molar-refractivity contribution in [2.24, 2.45) is 0 Å². The van der Waals surface area contributed by atoms with Gasteiger partial charge >= 0.3 is 0 Å². The SMILES string of the molecule is O=C(Nc1ccc(NS(=O)(=O)c2ccc(F)c(F)c2)cc1)c1cc(Cl)c[nH]1. The van der Waals surface area contributed by atoms with Crippen LogP contribution in [0.3, 0.4) is 0 Å². The molecule has 0 spiro atoms. The second-order valence-corrected chi connectivity index (χ2v) is 7.56. The average Bonchev–Trinajstić information content (AvgIpc) is 3.05. The Hall–Kier alpha value is -2.91. The van der Waals surface area contributed by atoms with Gasteiger partial charge in [-0.2, -0.15) is 0 Å². The van der Waals surface area contributed by atoms with Crippen LogP contribution in [0.2, 0.25) is 5.02 Å². The molecule has 0 saturated carbocycles. The Morgan fingerprint density at radius 3 is 2.22 bits per heavy atom. The number of hydrogen-bond acceptors (Lipinski definition) is 3. The van der Waals surface area contributed by atoms with Crippen molar-refractivity contribution in [2.75, 3.05) is 10.0 Å². The van der Waals surface area contributed by atoms with E-state index >= 15 is 0 Å². The first-order chi connectivity index (χ1) is 12.7. The van der Waals surface area contributed by atoms with Crippen LogP contribution >= 0.6 is 11.6 Å². The van der Waals surface area contributed by atoms with Gasteiger partial charge in [-0.1, -0.05) is 11.6 Å². The monoisotopic (exact) mass is 411 g/mol. The van der Waals surface area contributed by atoms with E-state index in [1.165, 1.54) is 36.5 Å². The van der Waals surface area contributed by atoms with Gasteiger partial charge in [-0.05, 0) is 48.5 Å². The summed E-state index contributed by atoms with van der Waals surface area (Å²) in [6, 6.07) is 9.52. The molecule has 0 aliphatic heterocycles. The summed E-state index contributed by atoms with van der Waals surface area (Å²) in [4.78, 5) is 14.3. The van der Waals surface area contributed by atoms with Crippen LogP contribution in [0, 0.1) is 11.6 Å². The molecule has 0 unspecified atom stereocenters. The minimum atomic E-state index is -4.09. The van der Waals surface area contributed by atoms with Gasteiger partial charge < -0.3 is 10.3 Å². The van der Waals surface area contributed by atoms with Crippen molar-refractivity contribution >= 4 is 38.9 Å². The van der Waals surface area contributed by atoms with E-state index in [9.17, 15) is 22.0 Å². The molecule has 140 valence electrons. The molecule has 3 rings (SSSR count). The normalized spacial score (nSPS) is 11.2. The molecule has 2 aromatic carbocycles. The second-order valence-electron chi connectivity index (χ2n) is 5.44. The molecule has 0 bridgehead atoms. The van der Waals surface area contributed by atoms with Gasteiger partial charge in [0.15, 0.2) is 11.6 Å². The number of anilines is 2. The van der Waals surface area contributed by atoms with Gasteiger partial charge in [0.25, 0.3) is 15.9 Å². The van der Waals surface area contributed by atoms with Crippen LogP contribution < -0.4 is 10.0 Å². The minimum absolute atomic E-state index is 0.181. The third-order valence-electron chi connectivity index (χ3n) is 3.49. The van der Waals surface area contributed by atoms with Gasteiger partial charge in [0, 0.05) is 17.6 Å². The minimum Gasteiger partial charge on any atom is -0.356 e. The van der Waals surface area contributed by atoms with Crippen molar-refractivity contribution in [1.29, 1.82) is 0 Å². The summed E-state index contributed by atoms with van der Waals surface area (Å²) in [7, 11) is -4.09. The van der Waals surface area contributed by atoms with Crippen LogP contribution in [-0.2, 0) is 10.0 Å². The van der Waals surface area contributed by atoms with Gasteiger partial charge in [0.05, 0.1) is 9.92 Å². The molecular weight excluding hydrogens is 400 g/mol. The van der Waals surface area contributed by atoms with Crippen molar-refractivity contribution in [3.63, 3.8) is 0 Å². The molecule has 0 atom stereocenters. The molecule has 0 fully saturated rings. The number of aromatic amines is 1. The first-order valence-electron chi connectivity index (χ1n) is 7.48. The zero-order chi connectivity index (χ0) is 19.6. The van der Waals surface area contributed by atoms with E-state index in [1.54, 1.807) is 0 Å². The highest BCUT2D eigenvalue weighted by molar-refractivity contribution is 7.92. The predicted molar refractivity (Wildman–Crippen MR) is 97.4 cm³/mol. The van der Waals surface area contributed by atoms with E-state index in [4.69, 9.17) is 11.6 Å². The fourth-order valence-corrected chi connectivity index (χ4v) is 3.41. The summed E-state index contributed by atoms with van der Waals surface area (Å²) >= 11 is 5.74. The number of amides is 1. The summed E-state index contributed by atoms with van der Waals surface area (Å²) in [6.07, 6.45) is 1.46. The van der Waals surface area contributed by atoms with Crippen molar-refractivity contribution in [3.05, 3.63) is 77.1 Å². The molecule has 0 aliphatic rings. The second kappa shape index (κ2) is 7.37. The fraction of sp³-hybridized carbons (Fsp3) is 0. The molecule has 3 N–H and O–H groups in total. The zero-order valence-electron chi connectivity index (χ0n) is 13.5. The molecular formula is C17H12ClF2N3O3S. The summed E-state index contributed by atoms with van der Waals surface area (Å²) in [6.45, 7) is 0. The van der Waals surface area contributed by atoms with E-state index in [0.29, 0.717) is 16.8 Å². The molecule has 0 saturated heterocycles. The molecule has 0 aliphatic carbocycles.